The summed E-state index contributed by atoms with van der Waals surface area (Å²) in [5.41, 5.74) is 2.04. The van der Waals surface area contributed by atoms with Gasteiger partial charge in [-0.2, -0.15) is 0 Å². The molecular weight excluding hydrogens is 136 g/mol. The van der Waals surface area contributed by atoms with Gasteiger partial charge in [-0.25, -0.2) is 0 Å². The summed E-state index contributed by atoms with van der Waals surface area (Å²) in [4.78, 5) is 4.19. The Bertz CT molecular complexity index is 253. The molecule has 58 valence electrons. The van der Waals surface area contributed by atoms with Crippen LogP contribution in [0.1, 0.15) is 12.6 Å². The molecule has 0 aliphatic heterocycles. The normalized spacial score (nSPS) is 10.4. The van der Waals surface area contributed by atoms with Gasteiger partial charge < -0.3 is 5.32 Å². The van der Waals surface area contributed by atoms with Crippen molar-refractivity contribution in [3.05, 3.63) is 30.1 Å². The topological polar surface area (TPSA) is 24.9 Å². The van der Waals surface area contributed by atoms with Crippen molar-refractivity contribution in [2.24, 2.45) is 0 Å². The summed E-state index contributed by atoms with van der Waals surface area (Å²) in [7, 11) is 1.89. The second kappa shape index (κ2) is 3.76. The highest BCUT2D eigenvalue weighted by atomic mass is 14.9. The fraction of sp³-hybridized carbons (Fsp3) is 0.222. The van der Waals surface area contributed by atoms with Crippen molar-refractivity contribution in [1.82, 2.24) is 4.98 Å². The largest absolute Gasteiger partial charge is 0.386 e. The number of hydrogen-bond donors (Lipinski definition) is 1. The number of allylic oxidation sites excluding steroid dienone is 1. The first-order chi connectivity index (χ1) is 5.38. The smallest absolute Gasteiger partial charge is 0.0857 e. The van der Waals surface area contributed by atoms with E-state index in [1.165, 1.54) is 0 Å². The van der Waals surface area contributed by atoms with Gasteiger partial charge in [-0.3, -0.25) is 4.98 Å². The molecule has 0 bridgehead atoms. The quantitative estimate of drug-likeness (QED) is 0.695. The number of aromatic nitrogens is 1. The highest BCUT2D eigenvalue weighted by Crippen LogP contribution is 2.11. The van der Waals surface area contributed by atoms with E-state index in [0.717, 1.165) is 11.4 Å². The zero-order chi connectivity index (χ0) is 8.10. The first-order valence-electron chi connectivity index (χ1n) is 3.64. The fourth-order valence-electron chi connectivity index (χ4n) is 0.920. The van der Waals surface area contributed by atoms with Crippen LogP contribution in [0.4, 0.5) is 5.69 Å². The Morgan fingerprint density at radius 3 is 3.00 bits per heavy atom. The Morgan fingerprint density at radius 1 is 1.55 bits per heavy atom. The number of anilines is 1. The van der Waals surface area contributed by atoms with Crippen LogP contribution in [-0.4, -0.2) is 12.0 Å². The standard InChI is InChI=1S/C9H12N2/c1-3-5-9-8(10-2)6-4-7-11-9/h3-7,10H,1-2H3/b5-3+. The van der Waals surface area contributed by atoms with Gasteiger partial charge in [0.2, 0.25) is 0 Å². The van der Waals surface area contributed by atoms with Crippen molar-refractivity contribution >= 4 is 11.8 Å². The van der Waals surface area contributed by atoms with Crippen molar-refractivity contribution in [2.45, 2.75) is 6.92 Å². The minimum absolute atomic E-state index is 0.984. The van der Waals surface area contributed by atoms with Crippen LogP contribution in [0.15, 0.2) is 24.4 Å². The van der Waals surface area contributed by atoms with Gasteiger partial charge in [0, 0.05) is 13.2 Å². The summed E-state index contributed by atoms with van der Waals surface area (Å²) in [6.07, 6.45) is 5.74. The van der Waals surface area contributed by atoms with Crippen LogP contribution in [0.25, 0.3) is 6.08 Å². The van der Waals surface area contributed by atoms with E-state index in [2.05, 4.69) is 10.3 Å². The first-order valence-corrected chi connectivity index (χ1v) is 3.64. The lowest BCUT2D eigenvalue weighted by Gasteiger charge is -2.01. The molecule has 0 aromatic carbocycles. The third kappa shape index (κ3) is 1.80. The van der Waals surface area contributed by atoms with Gasteiger partial charge in [-0.1, -0.05) is 6.08 Å². The molecule has 0 spiro atoms. The van der Waals surface area contributed by atoms with Crippen LogP contribution in [0.3, 0.4) is 0 Å². The molecule has 11 heavy (non-hydrogen) atoms. The van der Waals surface area contributed by atoms with E-state index in [1.807, 2.05) is 38.3 Å². The lowest BCUT2D eigenvalue weighted by atomic mass is 10.3. The van der Waals surface area contributed by atoms with Crippen LogP contribution < -0.4 is 5.32 Å². The molecule has 1 aromatic rings. The number of pyridine rings is 1. The third-order valence-electron chi connectivity index (χ3n) is 1.43. The van der Waals surface area contributed by atoms with Gasteiger partial charge in [0.25, 0.3) is 0 Å². The highest BCUT2D eigenvalue weighted by molar-refractivity contribution is 5.62. The van der Waals surface area contributed by atoms with Crippen molar-refractivity contribution in [3.8, 4) is 0 Å². The predicted molar refractivity (Wildman–Crippen MR) is 48.5 cm³/mol. The zero-order valence-electron chi connectivity index (χ0n) is 6.83. The summed E-state index contributed by atoms with van der Waals surface area (Å²) in [5.74, 6) is 0. The van der Waals surface area contributed by atoms with Crippen molar-refractivity contribution in [2.75, 3.05) is 12.4 Å². The molecule has 2 nitrogen and oxygen atoms in total. The molecule has 1 aromatic heterocycles. The average Bonchev–Trinajstić information content (AvgIpc) is 2.06. The molecule has 0 aliphatic rings. The molecule has 0 unspecified atom stereocenters. The molecule has 1 rings (SSSR count). The molecular formula is C9H12N2. The molecule has 0 atom stereocenters. The van der Waals surface area contributed by atoms with Gasteiger partial charge in [-0.05, 0) is 25.1 Å². The maximum atomic E-state index is 4.19. The maximum Gasteiger partial charge on any atom is 0.0857 e. The van der Waals surface area contributed by atoms with Gasteiger partial charge in [0.15, 0.2) is 0 Å². The Balaban J connectivity index is 3.02. The van der Waals surface area contributed by atoms with E-state index in [1.54, 1.807) is 6.20 Å². The fourth-order valence-corrected chi connectivity index (χ4v) is 0.920. The van der Waals surface area contributed by atoms with Gasteiger partial charge in [0.1, 0.15) is 0 Å². The van der Waals surface area contributed by atoms with Crippen molar-refractivity contribution in [1.29, 1.82) is 0 Å². The molecule has 0 saturated carbocycles. The minimum Gasteiger partial charge on any atom is -0.386 e. The van der Waals surface area contributed by atoms with Crippen LogP contribution in [0.5, 0.6) is 0 Å². The van der Waals surface area contributed by atoms with Crippen LogP contribution in [-0.2, 0) is 0 Å². The molecule has 1 heterocycles. The summed E-state index contributed by atoms with van der Waals surface area (Å²) in [5, 5.41) is 3.07. The summed E-state index contributed by atoms with van der Waals surface area (Å²) in [6.45, 7) is 1.98. The molecule has 0 radical (unpaired) electrons. The lowest BCUT2D eigenvalue weighted by Crippen LogP contribution is -1.92. The number of rotatable bonds is 2. The van der Waals surface area contributed by atoms with Crippen LogP contribution in [0, 0.1) is 0 Å². The summed E-state index contributed by atoms with van der Waals surface area (Å²) >= 11 is 0. The third-order valence-corrected chi connectivity index (χ3v) is 1.43. The Labute approximate surface area is 67.0 Å². The van der Waals surface area contributed by atoms with E-state index in [0.29, 0.717) is 0 Å². The second-order valence-corrected chi connectivity index (χ2v) is 2.19. The van der Waals surface area contributed by atoms with E-state index in [-0.39, 0.29) is 0 Å². The van der Waals surface area contributed by atoms with Crippen molar-refractivity contribution < 1.29 is 0 Å². The second-order valence-electron chi connectivity index (χ2n) is 2.19. The van der Waals surface area contributed by atoms with Crippen molar-refractivity contribution in [3.63, 3.8) is 0 Å². The maximum absolute atomic E-state index is 4.19. The zero-order valence-corrected chi connectivity index (χ0v) is 6.83. The Hall–Kier alpha value is -1.31. The lowest BCUT2D eigenvalue weighted by molar-refractivity contribution is 1.28. The molecule has 0 fully saturated rings. The average molecular weight is 148 g/mol. The highest BCUT2D eigenvalue weighted by Gasteiger charge is 1.93. The van der Waals surface area contributed by atoms with Crippen LogP contribution >= 0.6 is 0 Å². The molecule has 0 saturated heterocycles. The van der Waals surface area contributed by atoms with Gasteiger partial charge in [-0.15, -0.1) is 0 Å². The number of nitrogens with zero attached hydrogens (tertiary/aromatic N) is 1. The SMILES string of the molecule is C/C=C/c1ncccc1NC. The Morgan fingerprint density at radius 2 is 2.36 bits per heavy atom. The van der Waals surface area contributed by atoms with E-state index >= 15 is 0 Å². The molecule has 2 heteroatoms. The van der Waals surface area contributed by atoms with E-state index in [4.69, 9.17) is 0 Å². The molecule has 0 aliphatic carbocycles. The molecule has 0 amide bonds. The number of hydrogen-bond acceptors (Lipinski definition) is 2. The number of nitrogens with one attached hydrogen (secondary N) is 1. The minimum atomic E-state index is 0.984. The van der Waals surface area contributed by atoms with Gasteiger partial charge in [0.05, 0.1) is 11.4 Å². The molecule has 1 N–H and O–H groups in total. The van der Waals surface area contributed by atoms with E-state index < -0.39 is 0 Å². The first kappa shape index (κ1) is 7.79. The summed E-state index contributed by atoms with van der Waals surface area (Å²) in [6, 6.07) is 3.92. The van der Waals surface area contributed by atoms with E-state index in [9.17, 15) is 0 Å². The monoisotopic (exact) mass is 148 g/mol. The summed E-state index contributed by atoms with van der Waals surface area (Å²) < 4.78 is 0. The van der Waals surface area contributed by atoms with Crippen LogP contribution in [0.2, 0.25) is 0 Å². The predicted octanol–water partition coefficient (Wildman–Crippen LogP) is 2.16. The van der Waals surface area contributed by atoms with Gasteiger partial charge >= 0.3 is 0 Å². The Kier molecular flexibility index (Phi) is 2.66.